The summed E-state index contributed by atoms with van der Waals surface area (Å²) in [4.78, 5) is 20.9. The second-order valence-electron chi connectivity index (χ2n) is 4.96. The first kappa shape index (κ1) is 16.0. The molecule has 0 aliphatic rings. The molecule has 1 N–H and O–H groups in total. The molecular formula is C18H14ClN3O2. The molecule has 0 radical (unpaired) electrons. The van der Waals surface area contributed by atoms with Crippen LogP contribution in [0.5, 0.6) is 5.75 Å². The number of methoxy groups -OCH3 is 1. The van der Waals surface area contributed by atoms with Crippen molar-refractivity contribution >= 4 is 23.2 Å². The van der Waals surface area contributed by atoms with Gasteiger partial charge in [-0.15, -0.1) is 0 Å². The van der Waals surface area contributed by atoms with Crippen LogP contribution < -0.4 is 10.1 Å². The van der Waals surface area contributed by atoms with Crippen molar-refractivity contribution in [2.45, 2.75) is 0 Å². The molecule has 0 aliphatic carbocycles. The summed E-state index contributed by atoms with van der Waals surface area (Å²) in [6.45, 7) is 0. The van der Waals surface area contributed by atoms with E-state index in [1.54, 1.807) is 48.8 Å². The van der Waals surface area contributed by atoms with E-state index in [0.29, 0.717) is 27.8 Å². The van der Waals surface area contributed by atoms with Crippen molar-refractivity contribution in [1.29, 1.82) is 0 Å². The van der Waals surface area contributed by atoms with Gasteiger partial charge < -0.3 is 10.1 Å². The van der Waals surface area contributed by atoms with Crippen LogP contribution in [0.3, 0.4) is 0 Å². The van der Waals surface area contributed by atoms with Gasteiger partial charge in [-0.05, 0) is 24.3 Å². The first-order chi connectivity index (χ1) is 11.7. The lowest BCUT2D eigenvalue weighted by Crippen LogP contribution is -2.13. The number of rotatable bonds is 4. The molecule has 0 saturated heterocycles. The summed E-state index contributed by atoms with van der Waals surface area (Å²) in [5.41, 5.74) is 1.75. The second-order valence-corrected chi connectivity index (χ2v) is 5.40. The smallest absolute Gasteiger partial charge is 0.259 e. The maximum atomic E-state index is 12.3. The number of nitrogens with zero attached hydrogens (tertiary/aromatic N) is 2. The van der Waals surface area contributed by atoms with Crippen molar-refractivity contribution in [2.24, 2.45) is 0 Å². The van der Waals surface area contributed by atoms with E-state index in [9.17, 15) is 4.79 Å². The maximum absolute atomic E-state index is 12.3. The van der Waals surface area contributed by atoms with Gasteiger partial charge in [0.2, 0.25) is 0 Å². The van der Waals surface area contributed by atoms with E-state index < -0.39 is 0 Å². The fraction of sp³-hybridized carbons (Fsp3) is 0.0556. The number of carbonyl (C=O) groups excluding carboxylic acids is 1. The Bertz CT molecular complexity index is 866. The van der Waals surface area contributed by atoms with Crippen LogP contribution in [0.2, 0.25) is 5.02 Å². The van der Waals surface area contributed by atoms with Crippen molar-refractivity contribution in [3.05, 3.63) is 71.5 Å². The average Bonchev–Trinajstić information content (AvgIpc) is 2.62. The van der Waals surface area contributed by atoms with Crippen LogP contribution in [-0.4, -0.2) is 23.0 Å². The Morgan fingerprint density at radius 3 is 2.54 bits per heavy atom. The molecule has 0 bridgehead atoms. The van der Waals surface area contributed by atoms with Gasteiger partial charge in [0.15, 0.2) is 5.82 Å². The second kappa shape index (κ2) is 7.10. The summed E-state index contributed by atoms with van der Waals surface area (Å²) in [6.07, 6.45) is 3.10. The van der Waals surface area contributed by atoms with E-state index in [1.165, 1.54) is 7.11 Å². The van der Waals surface area contributed by atoms with Crippen molar-refractivity contribution in [1.82, 2.24) is 9.97 Å². The topological polar surface area (TPSA) is 64.1 Å². The number of carbonyl (C=O) groups is 1. The molecule has 1 aromatic heterocycles. The maximum Gasteiger partial charge on any atom is 0.259 e. The van der Waals surface area contributed by atoms with Crippen LogP contribution in [0.15, 0.2) is 60.9 Å². The van der Waals surface area contributed by atoms with E-state index in [0.717, 1.165) is 5.56 Å². The lowest BCUT2D eigenvalue weighted by atomic mass is 10.2. The van der Waals surface area contributed by atoms with Gasteiger partial charge in [-0.25, -0.2) is 9.97 Å². The van der Waals surface area contributed by atoms with E-state index in [4.69, 9.17) is 16.3 Å². The van der Waals surface area contributed by atoms with Crippen LogP contribution in [0.1, 0.15) is 10.4 Å². The Hall–Kier alpha value is -2.92. The molecule has 0 saturated carbocycles. The van der Waals surface area contributed by atoms with Gasteiger partial charge >= 0.3 is 0 Å². The van der Waals surface area contributed by atoms with Crippen molar-refractivity contribution in [3.8, 4) is 17.1 Å². The van der Waals surface area contributed by atoms with E-state index in [2.05, 4.69) is 15.3 Å². The van der Waals surface area contributed by atoms with Crippen molar-refractivity contribution in [2.75, 3.05) is 12.4 Å². The first-order valence-electron chi connectivity index (χ1n) is 7.20. The third kappa shape index (κ3) is 3.52. The SMILES string of the molecule is COc1ccccc1C(=O)Nc1cnc(-c2cccc(Cl)c2)nc1. The van der Waals surface area contributed by atoms with Gasteiger partial charge in [0.1, 0.15) is 5.75 Å². The number of halogens is 1. The predicted octanol–water partition coefficient (Wildman–Crippen LogP) is 4.06. The van der Waals surface area contributed by atoms with Gasteiger partial charge in [-0.2, -0.15) is 0 Å². The van der Waals surface area contributed by atoms with Gasteiger partial charge in [0, 0.05) is 10.6 Å². The van der Waals surface area contributed by atoms with E-state index >= 15 is 0 Å². The summed E-state index contributed by atoms with van der Waals surface area (Å²) < 4.78 is 5.19. The molecule has 5 nitrogen and oxygen atoms in total. The Labute approximate surface area is 144 Å². The normalized spacial score (nSPS) is 10.2. The first-order valence-corrected chi connectivity index (χ1v) is 7.57. The lowest BCUT2D eigenvalue weighted by Gasteiger charge is -2.09. The zero-order chi connectivity index (χ0) is 16.9. The third-order valence-corrected chi connectivity index (χ3v) is 3.58. The Balaban J connectivity index is 1.78. The zero-order valence-corrected chi connectivity index (χ0v) is 13.6. The summed E-state index contributed by atoms with van der Waals surface area (Å²) >= 11 is 5.97. The summed E-state index contributed by atoms with van der Waals surface area (Å²) in [5, 5.41) is 3.37. The third-order valence-electron chi connectivity index (χ3n) is 3.34. The molecule has 1 amide bonds. The van der Waals surface area contributed by atoms with Crippen LogP contribution in [0.25, 0.3) is 11.4 Å². The van der Waals surface area contributed by atoms with Crippen LogP contribution >= 0.6 is 11.6 Å². The molecule has 2 aromatic carbocycles. The molecule has 120 valence electrons. The molecule has 1 heterocycles. The molecule has 0 aliphatic heterocycles. The van der Waals surface area contributed by atoms with Crippen LogP contribution in [0.4, 0.5) is 5.69 Å². The predicted molar refractivity (Wildman–Crippen MR) is 93.4 cm³/mol. The summed E-state index contributed by atoms with van der Waals surface area (Å²) in [7, 11) is 1.52. The molecule has 0 fully saturated rings. The number of para-hydroxylation sites is 1. The molecule has 6 heteroatoms. The number of aromatic nitrogens is 2. The molecule has 3 aromatic rings. The van der Waals surface area contributed by atoms with E-state index in [1.807, 2.05) is 12.1 Å². The molecular weight excluding hydrogens is 326 g/mol. The lowest BCUT2D eigenvalue weighted by molar-refractivity contribution is 0.102. The van der Waals surface area contributed by atoms with Gasteiger partial charge in [0.05, 0.1) is 30.8 Å². The summed E-state index contributed by atoms with van der Waals surface area (Å²) in [6, 6.07) is 14.3. The number of anilines is 1. The number of nitrogens with one attached hydrogen (secondary N) is 1. The zero-order valence-electron chi connectivity index (χ0n) is 12.9. The highest BCUT2D eigenvalue weighted by molar-refractivity contribution is 6.30. The fourth-order valence-corrected chi connectivity index (χ4v) is 2.39. The van der Waals surface area contributed by atoms with Gasteiger partial charge in [-0.1, -0.05) is 35.9 Å². The summed E-state index contributed by atoms with van der Waals surface area (Å²) in [5.74, 6) is 0.755. The Kier molecular flexibility index (Phi) is 4.72. The number of amides is 1. The standard InChI is InChI=1S/C18H14ClN3O2/c1-24-16-8-3-2-7-15(16)18(23)22-14-10-20-17(21-11-14)12-5-4-6-13(19)9-12/h2-11H,1H3,(H,22,23). The van der Waals surface area contributed by atoms with Gasteiger partial charge in [0.25, 0.3) is 5.91 Å². The highest BCUT2D eigenvalue weighted by Gasteiger charge is 2.12. The minimum Gasteiger partial charge on any atom is -0.496 e. The van der Waals surface area contributed by atoms with Crippen LogP contribution in [-0.2, 0) is 0 Å². The number of hydrogen-bond acceptors (Lipinski definition) is 4. The number of benzene rings is 2. The Morgan fingerprint density at radius 1 is 1.08 bits per heavy atom. The number of ether oxygens (including phenoxy) is 1. The molecule has 3 rings (SSSR count). The quantitative estimate of drug-likeness (QED) is 0.778. The van der Waals surface area contributed by atoms with E-state index in [-0.39, 0.29) is 5.91 Å². The number of hydrogen-bond donors (Lipinski definition) is 1. The van der Waals surface area contributed by atoms with Crippen LogP contribution in [0, 0.1) is 0 Å². The molecule has 0 atom stereocenters. The molecule has 0 unspecified atom stereocenters. The highest BCUT2D eigenvalue weighted by atomic mass is 35.5. The average molecular weight is 340 g/mol. The Morgan fingerprint density at radius 2 is 1.83 bits per heavy atom. The molecule has 0 spiro atoms. The fourth-order valence-electron chi connectivity index (χ4n) is 2.20. The largest absolute Gasteiger partial charge is 0.496 e. The highest BCUT2D eigenvalue weighted by Crippen LogP contribution is 2.21. The monoisotopic (exact) mass is 339 g/mol. The minimum absolute atomic E-state index is 0.286. The molecule has 24 heavy (non-hydrogen) atoms. The van der Waals surface area contributed by atoms with Crippen molar-refractivity contribution in [3.63, 3.8) is 0 Å². The van der Waals surface area contributed by atoms with Crippen molar-refractivity contribution < 1.29 is 9.53 Å². The minimum atomic E-state index is -0.286. The van der Waals surface area contributed by atoms with Gasteiger partial charge in [-0.3, -0.25) is 4.79 Å².